The van der Waals surface area contributed by atoms with Crippen molar-refractivity contribution in [3.63, 3.8) is 0 Å². The third kappa shape index (κ3) is 6.10. The fourth-order valence-electron chi connectivity index (χ4n) is 6.29. The second-order valence-electron chi connectivity index (χ2n) is 11.3. The maximum Gasteiger partial charge on any atom is 0.335 e. The van der Waals surface area contributed by atoms with E-state index in [-0.39, 0.29) is 40.9 Å². The first-order valence-electron chi connectivity index (χ1n) is 14.8. The molecule has 10 nitrogen and oxygen atoms in total. The van der Waals surface area contributed by atoms with E-state index >= 15 is 0 Å². The van der Waals surface area contributed by atoms with Crippen LogP contribution in [-0.4, -0.2) is 72.5 Å². The van der Waals surface area contributed by atoms with Crippen molar-refractivity contribution < 1.29 is 33.5 Å². The van der Waals surface area contributed by atoms with Gasteiger partial charge in [0.2, 0.25) is 6.10 Å². The monoisotopic (exact) mass is 634 g/mol. The number of hydrogen-bond donors (Lipinski definition) is 2. The van der Waals surface area contributed by atoms with Gasteiger partial charge < -0.3 is 29.8 Å². The normalized spacial score (nSPS) is 19.8. The van der Waals surface area contributed by atoms with Gasteiger partial charge in [-0.1, -0.05) is 35.0 Å². The lowest BCUT2D eigenvalue weighted by molar-refractivity contribution is -0.148. The molecule has 1 fully saturated rings. The molecule has 3 aromatic carbocycles. The molecule has 0 aromatic heterocycles. The molecule has 3 aliphatic heterocycles. The standard InChI is InChI=1S/C33H32ClFN4O6/c1-44-21-12-15-38(16-13-21)27-7-3-4-23-22(27)14-17-39(30(23)31(40)36-20-10-8-19(9-11-20)33(42)43)32(41)28-18-26(37-45-28)24-5-2-6-25(34)29(24)35/h2-11,21,28,30H,12-18H2,1H3,(H,36,40)(H,42,43). The Labute approximate surface area is 264 Å². The maximum atomic E-state index is 14.7. The van der Waals surface area contributed by atoms with Crippen molar-refractivity contribution >= 4 is 46.5 Å². The summed E-state index contributed by atoms with van der Waals surface area (Å²) in [6.07, 6.45) is 1.45. The number of oxime groups is 1. The van der Waals surface area contributed by atoms with E-state index in [9.17, 15) is 23.9 Å². The third-order valence-electron chi connectivity index (χ3n) is 8.65. The summed E-state index contributed by atoms with van der Waals surface area (Å²) in [5.74, 6) is -2.63. The number of anilines is 2. The van der Waals surface area contributed by atoms with E-state index in [1.165, 1.54) is 41.3 Å². The molecule has 45 heavy (non-hydrogen) atoms. The molecule has 2 N–H and O–H groups in total. The summed E-state index contributed by atoms with van der Waals surface area (Å²) in [4.78, 5) is 48.7. The molecule has 2 unspecified atom stereocenters. The first-order chi connectivity index (χ1) is 21.7. The quantitative estimate of drug-likeness (QED) is 0.373. The van der Waals surface area contributed by atoms with Crippen LogP contribution in [0, 0.1) is 5.82 Å². The van der Waals surface area contributed by atoms with Crippen LogP contribution in [0.15, 0.2) is 65.8 Å². The van der Waals surface area contributed by atoms with Crippen molar-refractivity contribution in [2.45, 2.75) is 43.9 Å². The number of benzene rings is 3. The molecule has 3 aromatic rings. The molecule has 2 atom stereocenters. The first-order valence-corrected chi connectivity index (χ1v) is 15.1. The number of fused-ring (bicyclic) bond motifs is 1. The number of aromatic carboxylic acids is 1. The Morgan fingerprint density at radius 3 is 2.49 bits per heavy atom. The van der Waals surface area contributed by atoms with Crippen molar-refractivity contribution in [3.8, 4) is 0 Å². The molecule has 0 bridgehead atoms. The number of carbonyl (C=O) groups is 3. The number of nitrogens with zero attached hydrogens (tertiary/aromatic N) is 3. The van der Waals surface area contributed by atoms with Gasteiger partial charge in [0.25, 0.3) is 11.8 Å². The van der Waals surface area contributed by atoms with Crippen LogP contribution in [-0.2, 0) is 25.6 Å². The number of rotatable bonds is 7. The van der Waals surface area contributed by atoms with Crippen molar-refractivity contribution in [3.05, 3.63) is 93.8 Å². The Kier molecular flexibility index (Phi) is 8.73. The Morgan fingerprint density at radius 2 is 1.78 bits per heavy atom. The minimum atomic E-state index is -1.08. The molecule has 0 radical (unpaired) electrons. The highest BCUT2D eigenvalue weighted by Crippen LogP contribution is 2.38. The zero-order valence-electron chi connectivity index (χ0n) is 24.5. The number of halogens is 2. The fourth-order valence-corrected chi connectivity index (χ4v) is 6.46. The largest absolute Gasteiger partial charge is 0.478 e. The third-order valence-corrected chi connectivity index (χ3v) is 8.94. The van der Waals surface area contributed by atoms with Gasteiger partial charge in [-0.2, -0.15) is 0 Å². The van der Waals surface area contributed by atoms with E-state index in [4.69, 9.17) is 21.2 Å². The van der Waals surface area contributed by atoms with Gasteiger partial charge in [0.15, 0.2) is 5.82 Å². The minimum Gasteiger partial charge on any atom is -0.478 e. The summed E-state index contributed by atoms with van der Waals surface area (Å²) in [7, 11) is 1.72. The number of amides is 2. The van der Waals surface area contributed by atoms with Gasteiger partial charge in [0, 0.05) is 50.1 Å². The highest BCUT2D eigenvalue weighted by atomic mass is 35.5. The van der Waals surface area contributed by atoms with Crippen molar-refractivity contribution in [2.24, 2.45) is 5.16 Å². The molecule has 2 amide bonds. The molecule has 3 aliphatic rings. The molecule has 3 heterocycles. The average molecular weight is 635 g/mol. The summed E-state index contributed by atoms with van der Waals surface area (Å²) in [6, 6.07) is 15.1. The predicted molar refractivity (Wildman–Crippen MR) is 166 cm³/mol. The molecular weight excluding hydrogens is 603 g/mol. The Balaban J connectivity index is 1.29. The van der Waals surface area contributed by atoms with Gasteiger partial charge in [-0.15, -0.1) is 0 Å². The average Bonchev–Trinajstić information content (AvgIpc) is 3.55. The number of nitrogens with one attached hydrogen (secondary N) is 1. The lowest BCUT2D eigenvalue weighted by Crippen LogP contribution is -2.49. The van der Waals surface area contributed by atoms with E-state index in [1.54, 1.807) is 13.2 Å². The summed E-state index contributed by atoms with van der Waals surface area (Å²) >= 11 is 5.96. The summed E-state index contributed by atoms with van der Waals surface area (Å²) in [5, 5.41) is 16.1. The van der Waals surface area contributed by atoms with Crippen LogP contribution in [0.25, 0.3) is 0 Å². The highest BCUT2D eigenvalue weighted by Gasteiger charge is 2.42. The lowest BCUT2D eigenvalue weighted by Gasteiger charge is -2.40. The van der Waals surface area contributed by atoms with Crippen molar-refractivity contribution in [1.29, 1.82) is 0 Å². The van der Waals surface area contributed by atoms with Gasteiger partial charge in [0.05, 0.1) is 22.4 Å². The van der Waals surface area contributed by atoms with Crippen LogP contribution >= 0.6 is 11.6 Å². The van der Waals surface area contributed by atoms with E-state index in [0.29, 0.717) is 17.7 Å². The number of carbonyl (C=O) groups excluding carboxylic acids is 2. The second-order valence-corrected chi connectivity index (χ2v) is 11.7. The Bertz CT molecular complexity index is 1660. The fraction of sp³-hybridized carbons (Fsp3) is 0.333. The highest BCUT2D eigenvalue weighted by molar-refractivity contribution is 6.31. The maximum absolute atomic E-state index is 14.7. The topological polar surface area (TPSA) is 121 Å². The smallest absolute Gasteiger partial charge is 0.335 e. The van der Waals surface area contributed by atoms with Gasteiger partial charge in [-0.05, 0) is 72.9 Å². The SMILES string of the molecule is COC1CCN(c2cccc3c2CCN(C(=O)C2CC(c4cccc(Cl)c4F)=NO2)C3C(=O)Nc2ccc(C(=O)O)cc2)CC1. The number of carboxylic acids is 1. The molecule has 0 spiro atoms. The van der Waals surface area contributed by atoms with Gasteiger partial charge >= 0.3 is 5.97 Å². The first kappa shape index (κ1) is 30.5. The van der Waals surface area contributed by atoms with E-state index < -0.39 is 35.7 Å². The van der Waals surface area contributed by atoms with Gasteiger partial charge in [-0.25, -0.2) is 9.18 Å². The Hall–Kier alpha value is -4.48. The summed E-state index contributed by atoms with van der Waals surface area (Å²) in [6.45, 7) is 1.86. The van der Waals surface area contributed by atoms with Crippen LogP contribution in [0.2, 0.25) is 5.02 Å². The van der Waals surface area contributed by atoms with Gasteiger partial charge in [0.1, 0.15) is 6.04 Å². The van der Waals surface area contributed by atoms with Crippen LogP contribution in [0.5, 0.6) is 0 Å². The van der Waals surface area contributed by atoms with Crippen LogP contribution in [0.1, 0.15) is 52.4 Å². The zero-order chi connectivity index (χ0) is 31.7. The molecule has 0 saturated carbocycles. The Morgan fingerprint density at radius 1 is 1.04 bits per heavy atom. The molecule has 234 valence electrons. The summed E-state index contributed by atoms with van der Waals surface area (Å²) in [5.41, 5.74) is 3.60. The number of hydrogen-bond acceptors (Lipinski definition) is 7. The predicted octanol–water partition coefficient (Wildman–Crippen LogP) is 5.05. The van der Waals surface area contributed by atoms with Gasteiger partial charge in [-0.3, -0.25) is 9.59 Å². The van der Waals surface area contributed by atoms with E-state index in [1.807, 2.05) is 18.2 Å². The van der Waals surface area contributed by atoms with E-state index in [0.717, 1.165) is 37.2 Å². The molecule has 1 saturated heterocycles. The van der Waals surface area contributed by atoms with Crippen LogP contribution in [0.3, 0.4) is 0 Å². The molecule has 0 aliphatic carbocycles. The second kappa shape index (κ2) is 12.9. The van der Waals surface area contributed by atoms with Crippen LogP contribution < -0.4 is 10.2 Å². The number of methoxy groups -OCH3 is 1. The number of piperidine rings is 1. The lowest BCUT2D eigenvalue weighted by atomic mass is 9.89. The number of ether oxygens (including phenoxy) is 1. The van der Waals surface area contributed by atoms with E-state index in [2.05, 4.69) is 15.4 Å². The minimum absolute atomic E-state index is 0.0128. The molecule has 6 rings (SSSR count). The van der Waals surface area contributed by atoms with Crippen LogP contribution in [0.4, 0.5) is 15.8 Å². The summed E-state index contributed by atoms with van der Waals surface area (Å²) < 4.78 is 20.3. The molecular formula is C33H32ClFN4O6. The van der Waals surface area contributed by atoms with Crippen molar-refractivity contribution in [2.75, 3.05) is 37.0 Å². The van der Waals surface area contributed by atoms with Crippen molar-refractivity contribution in [1.82, 2.24) is 4.90 Å². The molecule has 12 heteroatoms. The number of carboxylic acid groups (broad SMARTS) is 1. The zero-order valence-corrected chi connectivity index (χ0v) is 25.3.